The molecule has 0 bridgehead atoms. The highest BCUT2D eigenvalue weighted by molar-refractivity contribution is 4.89. The SMILES string of the molecule is C=CC1CCC(C(C)(C)CCCN2CCCC(C)C2)CC1. The summed E-state index contributed by atoms with van der Waals surface area (Å²) < 4.78 is 0. The molecule has 21 heavy (non-hydrogen) atoms. The van der Waals surface area contributed by atoms with E-state index in [1.54, 1.807) is 0 Å². The highest BCUT2D eigenvalue weighted by Gasteiger charge is 2.32. The van der Waals surface area contributed by atoms with Crippen LogP contribution < -0.4 is 0 Å². The lowest BCUT2D eigenvalue weighted by Gasteiger charge is -2.39. The van der Waals surface area contributed by atoms with Gasteiger partial charge in [-0.25, -0.2) is 0 Å². The molecule has 2 fully saturated rings. The molecule has 0 spiro atoms. The van der Waals surface area contributed by atoms with Crippen LogP contribution in [0.1, 0.15) is 72.1 Å². The van der Waals surface area contributed by atoms with Gasteiger partial charge in [0.2, 0.25) is 0 Å². The van der Waals surface area contributed by atoms with Crippen molar-refractivity contribution in [2.45, 2.75) is 72.1 Å². The van der Waals surface area contributed by atoms with Crippen LogP contribution in [0.25, 0.3) is 0 Å². The van der Waals surface area contributed by atoms with Gasteiger partial charge in [-0.15, -0.1) is 6.58 Å². The second kappa shape index (κ2) is 7.81. The van der Waals surface area contributed by atoms with E-state index in [1.165, 1.54) is 71.0 Å². The predicted molar refractivity (Wildman–Crippen MR) is 93.5 cm³/mol. The number of hydrogen-bond acceptors (Lipinski definition) is 1. The molecule has 1 heteroatoms. The second-order valence-electron chi connectivity index (χ2n) is 8.49. The summed E-state index contributed by atoms with van der Waals surface area (Å²) in [6.45, 7) is 15.4. The van der Waals surface area contributed by atoms with E-state index in [1.807, 2.05) is 0 Å². The summed E-state index contributed by atoms with van der Waals surface area (Å²) in [7, 11) is 0. The van der Waals surface area contributed by atoms with Gasteiger partial charge in [0.1, 0.15) is 0 Å². The van der Waals surface area contributed by atoms with E-state index in [0.717, 1.165) is 17.8 Å². The maximum Gasteiger partial charge on any atom is 0.000703 e. The van der Waals surface area contributed by atoms with E-state index in [-0.39, 0.29) is 0 Å². The van der Waals surface area contributed by atoms with Gasteiger partial charge in [0.15, 0.2) is 0 Å². The lowest BCUT2D eigenvalue weighted by atomic mass is 9.67. The molecule has 122 valence electrons. The fourth-order valence-electron chi connectivity index (χ4n) is 4.59. The second-order valence-corrected chi connectivity index (χ2v) is 8.49. The Morgan fingerprint density at radius 3 is 2.48 bits per heavy atom. The minimum atomic E-state index is 0.535. The number of piperidine rings is 1. The standard InChI is InChI=1S/C20H37N/c1-5-18-9-11-19(12-10-18)20(3,4)13-7-15-21-14-6-8-17(2)16-21/h5,17-19H,1,6-16H2,2-4H3. The highest BCUT2D eigenvalue weighted by Crippen LogP contribution is 2.43. The minimum absolute atomic E-state index is 0.535. The van der Waals surface area contributed by atoms with Gasteiger partial charge in [0, 0.05) is 6.54 Å². The van der Waals surface area contributed by atoms with E-state index < -0.39 is 0 Å². The molecular weight excluding hydrogens is 254 g/mol. The Hall–Kier alpha value is -0.300. The first-order valence-corrected chi connectivity index (χ1v) is 9.36. The maximum absolute atomic E-state index is 3.97. The third kappa shape index (κ3) is 5.13. The van der Waals surface area contributed by atoms with Gasteiger partial charge in [-0.05, 0) is 87.6 Å². The van der Waals surface area contributed by atoms with Gasteiger partial charge in [-0.3, -0.25) is 0 Å². The molecule has 1 saturated carbocycles. The molecule has 2 rings (SSSR count). The van der Waals surface area contributed by atoms with E-state index in [0.29, 0.717) is 5.41 Å². The molecule has 1 saturated heterocycles. The molecule has 1 unspecified atom stereocenters. The summed E-state index contributed by atoms with van der Waals surface area (Å²) in [6, 6.07) is 0. The van der Waals surface area contributed by atoms with Gasteiger partial charge in [0.05, 0.1) is 0 Å². The zero-order chi connectivity index (χ0) is 15.3. The number of likely N-dealkylation sites (tertiary alicyclic amines) is 1. The Morgan fingerprint density at radius 2 is 1.86 bits per heavy atom. The molecule has 1 nitrogen and oxygen atoms in total. The topological polar surface area (TPSA) is 3.24 Å². The average molecular weight is 292 g/mol. The molecule has 0 radical (unpaired) electrons. The smallest absolute Gasteiger partial charge is 0.000703 e. The van der Waals surface area contributed by atoms with Gasteiger partial charge in [-0.1, -0.05) is 26.8 Å². The molecule has 1 aliphatic heterocycles. The summed E-state index contributed by atoms with van der Waals surface area (Å²) in [5.74, 6) is 2.65. The first kappa shape index (κ1) is 17.1. The van der Waals surface area contributed by atoms with Gasteiger partial charge in [-0.2, -0.15) is 0 Å². The summed E-state index contributed by atoms with van der Waals surface area (Å²) in [6.07, 6.45) is 13.4. The zero-order valence-electron chi connectivity index (χ0n) is 14.7. The van der Waals surface area contributed by atoms with E-state index in [2.05, 4.69) is 38.3 Å². The number of rotatable bonds is 6. The van der Waals surface area contributed by atoms with Crippen molar-refractivity contribution in [1.29, 1.82) is 0 Å². The van der Waals surface area contributed by atoms with Crippen LogP contribution in [0.4, 0.5) is 0 Å². The quantitative estimate of drug-likeness (QED) is 0.583. The van der Waals surface area contributed by atoms with Crippen molar-refractivity contribution in [2.75, 3.05) is 19.6 Å². The Kier molecular flexibility index (Phi) is 6.34. The van der Waals surface area contributed by atoms with Crippen LogP contribution in [0.3, 0.4) is 0 Å². The number of nitrogens with zero attached hydrogens (tertiary/aromatic N) is 1. The fraction of sp³-hybridized carbons (Fsp3) is 0.900. The Balaban J connectivity index is 1.70. The van der Waals surface area contributed by atoms with Gasteiger partial charge >= 0.3 is 0 Å². The number of hydrogen-bond donors (Lipinski definition) is 0. The van der Waals surface area contributed by atoms with E-state index in [9.17, 15) is 0 Å². The van der Waals surface area contributed by atoms with Crippen LogP contribution in [0, 0.1) is 23.2 Å². The van der Waals surface area contributed by atoms with Crippen molar-refractivity contribution in [1.82, 2.24) is 4.90 Å². The first-order valence-electron chi connectivity index (χ1n) is 9.36. The molecule has 0 N–H and O–H groups in total. The van der Waals surface area contributed by atoms with Crippen LogP contribution in [-0.2, 0) is 0 Å². The van der Waals surface area contributed by atoms with Crippen LogP contribution in [0.5, 0.6) is 0 Å². The monoisotopic (exact) mass is 291 g/mol. The fourth-order valence-corrected chi connectivity index (χ4v) is 4.59. The van der Waals surface area contributed by atoms with Gasteiger partial charge in [0.25, 0.3) is 0 Å². The summed E-state index contributed by atoms with van der Waals surface area (Å²) >= 11 is 0. The lowest BCUT2D eigenvalue weighted by molar-refractivity contribution is 0.117. The molecule has 1 heterocycles. The molecule has 0 aromatic rings. The largest absolute Gasteiger partial charge is 0.303 e. The molecule has 1 aliphatic carbocycles. The van der Waals surface area contributed by atoms with Crippen molar-refractivity contribution in [3.8, 4) is 0 Å². The van der Waals surface area contributed by atoms with Gasteiger partial charge < -0.3 is 4.90 Å². The predicted octanol–water partition coefficient (Wildman–Crippen LogP) is 5.52. The average Bonchev–Trinajstić information content (AvgIpc) is 2.47. The zero-order valence-corrected chi connectivity index (χ0v) is 14.7. The van der Waals surface area contributed by atoms with Crippen LogP contribution in [-0.4, -0.2) is 24.5 Å². The van der Waals surface area contributed by atoms with Crippen molar-refractivity contribution in [3.05, 3.63) is 12.7 Å². The first-order chi connectivity index (χ1) is 10.0. The van der Waals surface area contributed by atoms with Crippen LogP contribution in [0.15, 0.2) is 12.7 Å². The molecule has 0 amide bonds. The summed E-state index contributed by atoms with van der Waals surface area (Å²) in [5.41, 5.74) is 0.535. The van der Waals surface area contributed by atoms with Crippen molar-refractivity contribution in [2.24, 2.45) is 23.2 Å². The Morgan fingerprint density at radius 1 is 1.14 bits per heavy atom. The van der Waals surface area contributed by atoms with Crippen molar-refractivity contribution >= 4 is 0 Å². The maximum atomic E-state index is 3.97. The Labute approximate surface area is 133 Å². The third-order valence-corrected chi connectivity index (χ3v) is 6.25. The molecule has 0 aromatic heterocycles. The summed E-state index contributed by atoms with van der Waals surface area (Å²) in [5, 5.41) is 0. The van der Waals surface area contributed by atoms with E-state index in [4.69, 9.17) is 0 Å². The van der Waals surface area contributed by atoms with Crippen molar-refractivity contribution < 1.29 is 0 Å². The lowest BCUT2D eigenvalue weighted by Crippen LogP contribution is -2.36. The van der Waals surface area contributed by atoms with Crippen LogP contribution >= 0.6 is 0 Å². The molecule has 2 aliphatic rings. The highest BCUT2D eigenvalue weighted by atomic mass is 15.1. The molecular formula is C20H37N. The summed E-state index contributed by atoms with van der Waals surface area (Å²) in [4.78, 5) is 2.71. The normalized spacial score (nSPS) is 32.0. The third-order valence-electron chi connectivity index (χ3n) is 6.25. The molecule has 0 aromatic carbocycles. The Bertz CT molecular complexity index is 312. The van der Waals surface area contributed by atoms with Crippen LogP contribution in [0.2, 0.25) is 0 Å². The molecule has 1 atom stereocenters. The van der Waals surface area contributed by atoms with E-state index >= 15 is 0 Å². The van der Waals surface area contributed by atoms with Crippen molar-refractivity contribution in [3.63, 3.8) is 0 Å². The number of allylic oxidation sites excluding steroid dienone is 1. The minimum Gasteiger partial charge on any atom is -0.303 e.